The third kappa shape index (κ3) is 0.754. The van der Waals surface area contributed by atoms with Crippen LogP contribution in [-0.4, -0.2) is 12.1 Å². The highest BCUT2D eigenvalue weighted by Gasteiger charge is 2.82. The molecule has 0 aromatic carbocycles. The Kier molecular flexibility index (Phi) is 1.46. The van der Waals surface area contributed by atoms with Gasteiger partial charge in [0.25, 0.3) is 0 Å². The van der Waals surface area contributed by atoms with E-state index in [0.29, 0.717) is 10.8 Å². The van der Waals surface area contributed by atoms with E-state index < -0.39 is 0 Å². The average molecular weight is 208 g/mol. The van der Waals surface area contributed by atoms with E-state index in [9.17, 15) is 4.79 Å². The number of hydrogen-bond acceptors (Lipinski definition) is 2. The van der Waals surface area contributed by atoms with Crippen molar-refractivity contribution in [2.45, 2.75) is 53.1 Å². The summed E-state index contributed by atoms with van der Waals surface area (Å²) in [6.07, 6.45) is 3.87. The fourth-order valence-electron chi connectivity index (χ4n) is 5.28. The van der Waals surface area contributed by atoms with Gasteiger partial charge < -0.3 is 4.74 Å². The second kappa shape index (κ2) is 2.26. The summed E-state index contributed by atoms with van der Waals surface area (Å²) >= 11 is 0. The maximum atomic E-state index is 11.1. The molecule has 0 aliphatic heterocycles. The maximum Gasteiger partial charge on any atom is 0.302 e. The Bertz CT molecular complexity index is 350. The van der Waals surface area contributed by atoms with Gasteiger partial charge in [-0.25, -0.2) is 0 Å². The van der Waals surface area contributed by atoms with E-state index in [0.717, 1.165) is 12.3 Å². The topological polar surface area (TPSA) is 26.3 Å². The van der Waals surface area contributed by atoms with Crippen LogP contribution in [0.15, 0.2) is 0 Å². The van der Waals surface area contributed by atoms with E-state index >= 15 is 0 Å². The molecule has 3 fully saturated rings. The molecule has 2 heteroatoms. The van der Waals surface area contributed by atoms with E-state index in [4.69, 9.17) is 4.74 Å². The van der Waals surface area contributed by atoms with E-state index in [-0.39, 0.29) is 17.5 Å². The fourth-order valence-corrected chi connectivity index (χ4v) is 5.28. The van der Waals surface area contributed by atoms with Gasteiger partial charge in [-0.2, -0.15) is 0 Å². The van der Waals surface area contributed by atoms with Crippen LogP contribution in [-0.2, 0) is 9.53 Å². The lowest BCUT2D eigenvalue weighted by molar-refractivity contribution is -0.287. The first kappa shape index (κ1) is 9.68. The van der Waals surface area contributed by atoms with Crippen LogP contribution in [0.3, 0.4) is 0 Å². The predicted molar refractivity (Wildman–Crippen MR) is 57.2 cm³/mol. The Balaban J connectivity index is 1.91. The molecule has 3 aliphatic carbocycles. The molecule has 0 heterocycles. The van der Waals surface area contributed by atoms with E-state index in [1.807, 2.05) is 0 Å². The van der Waals surface area contributed by atoms with Crippen molar-refractivity contribution in [3.05, 3.63) is 0 Å². The minimum Gasteiger partial charge on any atom is -0.462 e. The molecule has 2 unspecified atom stereocenters. The summed E-state index contributed by atoms with van der Waals surface area (Å²) in [4.78, 5) is 11.1. The molecule has 0 amide bonds. The van der Waals surface area contributed by atoms with Crippen molar-refractivity contribution in [1.29, 1.82) is 0 Å². The molecule has 2 nitrogen and oxygen atoms in total. The van der Waals surface area contributed by atoms with Crippen LogP contribution in [0, 0.1) is 22.2 Å². The summed E-state index contributed by atoms with van der Waals surface area (Å²) in [5.74, 6) is 0.685. The zero-order chi connectivity index (χ0) is 11.1. The molecule has 84 valence electrons. The summed E-state index contributed by atoms with van der Waals surface area (Å²) in [5.41, 5.74) is 1.25. The molecule has 0 saturated heterocycles. The van der Waals surface area contributed by atoms with Crippen LogP contribution in [0.25, 0.3) is 0 Å². The highest BCUT2D eigenvalue weighted by Crippen LogP contribution is 2.86. The molecule has 0 N–H and O–H groups in total. The molecular weight excluding hydrogens is 188 g/mol. The molecule has 5 atom stereocenters. The number of rotatable bonds is 1. The zero-order valence-corrected chi connectivity index (χ0v) is 10.1. The Hall–Kier alpha value is -0.530. The van der Waals surface area contributed by atoms with E-state index in [2.05, 4.69) is 20.8 Å². The first-order valence-electron chi connectivity index (χ1n) is 6.01. The van der Waals surface area contributed by atoms with Crippen molar-refractivity contribution >= 4 is 5.97 Å². The van der Waals surface area contributed by atoms with Gasteiger partial charge in [0.1, 0.15) is 6.10 Å². The zero-order valence-electron chi connectivity index (χ0n) is 10.1. The summed E-state index contributed by atoms with van der Waals surface area (Å²) < 4.78 is 5.52. The van der Waals surface area contributed by atoms with Crippen LogP contribution in [0.1, 0.15) is 47.0 Å². The average Bonchev–Trinajstić information content (AvgIpc) is 2.24. The summed E-state index contributed by atoms with van der Waals surface area (Å²) in [7, 11) is 0. The number of esters is 1. The molecule has 0 spiro atoms. The molecule has 0 radical (unpaired) electrons. The lowest BCUT2D eigenvalue weighted by Gasteiger charge is -2.75. The van der Waals surface area contributed by atoms with Crippen LogP contribution < -0.4 is 0 Å². The monoisotopic (exact) mass is 208 g/mol. The third-order valence-corrected chi connectivity index (χ3v) is 6.23. The second-order valence-electron chi connectivity index (χ2n) is 6.59. The summed E-state index contributed by atoms with van der Waals surface area (Å²) in [6, 6.07) is 0. The van der Waals surface area contributed by atoms with Crippen molar-refractivity contribution in [2.24, 2.45) is 22.2 Å². The first-order chi connectivity index (χ1) is 6.83. The number of hydrogen-bond donors (Lipinski definition) is 0. The van der Waals surface area contributed by atoms with Gasteiger partial charge in [0.2, 0.25) is 0 Å². The molecule has 3 aliphatic rings. The number of carbonyl (C=O) groups is 1. The highest BCUT2D eigenvalue weighted by molar-refractivity contribution is 5.66. The van der Waals surface area contributed by atoms with Crippen molar-refractivity contribution < 1.29 is 9.53 Å². The lowest BCUT2D eigenvalue weighted by Crippen LogP contribution is -2.70. The van der Waals surface area contributed by atoms with E-state index in [1.54, 1.807) is 0 Å². The molecule has 0 aromatic rings. The molecule has 0 aromatic heterocycles. The van der Waals surface area contributed by atoms with Crippen LogP contribution in [0.4, 0.5) is 0 Å². The fraction of sp³-hybridized carbons (Fsp3) is 0.923. The molecule has 15 heavy (non-hydrogen) atoms. The van der Waals surface area contributed by atoms with Gasteiger partial charge in [0.15, 0.2) is 0 Å². The number of ether oxygens (including phenoxy) is 1. The van der Waals surface area contributed by atoms with Gasteiger partial charge in [-0.15, -0.1) is 0 Å². The Labute approximate surface area is 91.4 Å². The van der Waals surface area contributed by atoms with Crippen molar-refractivity contribution in [2.75, 3.05) is 0 Å². The maximum absolute atomic E-state index is 11.1. The standard InChI is InChI=1S/C13H20O2/c1-8(14)15-10-5-9-6-11(2)7-12(10,3)13(9,11)4/h9-10H,5-7H2,1-4H3/t9-,10-,11?,12-,13?/m1/s1. The SMILES string of the molecule is CC(=O)O[C@@H]1C[C@@H]2CC3(C)C[C@@]1(C)C23C. The van der Waals surface area contributed by atoms with Crippen LogP contribution in [0.2, 0.25) is 0 Å². The largest absolute Gasteiger partial charge is 0.462 e. The van der Waals surface area contributed by atoms with Crippen molar-refractivity contribution in [3.63, 3.8) is 0 Å². The van der Waals surface area contributed by atoms with Gasteiger partial charge in [-0.1, -0.05) is 20.8 Å². The minimum atomic E-state index is -0.111. The van der Waals surface area contributed by atoms with E-state index in [1.165, 1.54) is 19.8 Å². The molecular formula is C13H20O2. The predicted octanol–water partition coefficient (Wildman–Crippen LogP) is 2.76. The minimum absolute atomic E-state index is 0.111. The first-order valence-corrected chi connectivity index (χ1v) is 6.01. The second-order valence-corrected chi connectivity index (χ2v) is 6.59. The van der Waals surface area contributed by atoms with Gasteiger partial charge >= 0.3 is 5.97 Å². The summed E-state index contributed by atoms with van der Waals surface area (Å²) in [6.45, 7) is 8.67. The number of carbonyl (C=O) groups excluding carboxylic acids is 1. The lowest BCUT2D eigenvalue weighted by atomic mass is 9.28. The molecule has 0 bridgehead atoms. The Morgan fingerprint density at radius 3 is 2.47 bits per heavy atom. The van der Waals surface area contributed by atoms with Crippen molar-refractivity contribution in [3.8, 4) is 0 Å². The smallest absolute Gasteiger partial charge is 0.302 e. The summed E-state index contributed by atoms with van der Waals surface area (Å²) in [5, 5.41) is 0. The van der Waals surface area contributed by atoms with Crippen LogP contribution >= 0.6 is 0 Å². The van der Waals surface area contributed by atoms with Crippen molar-refractivity contribution in [1.82, 2.24) is 0 Å². The van der Waals surface area contributed by atoms with Gasteiger partial charge in [0.05, 0.1) is 0 Å². The normalized spacial score (nSPS) is 60.3. The van der Waals surface area contributed by atoms with Gasteiger partial charge in [-0.05, 0) is 36.0 Å². The molecule has 3 rings (SSSR count). The Morgan fingerprint density at radius 1 is 1.33 bits per heavy atom. The molecule has 3 saturated carbocycles. The van der Waals surface area contributed by atoms with Crippen LogP contribution in [0.5, 0.6) is 0 Å². The Morgan fingerprint density at radius 2 is 2.00 bits per heavy atom. The quantitative estimate of drug-likeness (QED) is 0.619. The third-order valence-electron chi connectivity index (χ3n) is 6.23. The highest BCUT2D eigenvalue weighted by atomic mass is 16.5. The van der Waals surface area contributed by atoms with Gasteiger partial charge in [-0.3, -0.25) is 4.79 Å². The van der Waals surface area contributed by atoms with Gasteiger partial charge in [0, 0.05) is 12.3 Å².